The number of nitrogens with one attached hydrogen (secondary N) is 1. The topological polar surface area (TPSA) is 15.3 Å². The summed E-state index contributed by atoms with van der Waals surface area (Å²) in [5, 5.41) is 4.06. The lowest BCUT2D eigenvalue weighted by Crippen LogP contribution is -2.35. The summed E-state index contributed by atoms with van der Waals surface area (Å²) in [5.74, 6) is 0. The molecule has 1 fully saturated rings. The van der Waals surface area contributed by atoms with E-state index in [4.69, 9.17) is 0 Å². The van der Waals surface area contributed by atoms with Crippen LogP contribution < -0.4 is 10.2 Å². The monoisotopic (exact) mass is 923 g/mol. The van der Waals surface area contributed by atoms with E-state index in [1.54, 1.807) is 0 Å². The van der Waals surface area contributed by atoms with Crippen molar-refractivity contribution in [1.82, 2.24) is 0 Å². The molecule has 4 aliphatic rings. The largest absolute Gasteiger partial charge is 0.361 e. The third-order valence-corrected chi connectivity index (χ3v) is 17.2. The number of fused-ring (bicyclic) bond motifs is 3. The lowest BCUT2D eigenvalue weighted by molar-refractivity contribution is 0.258. The predicted octanol–water partition coefficient (Wildman–Crippen LogP) is 19.5. The van der Waals surface area contributed by atoms with Crippen LogP contribution >= 0.6 is 0 Å². The molecule has 69 heavy (non-hydrogen) atoms. The van der Waals surface area contributed by atoms with Crippen LogP contribution in [0.1, 0.15) is 196 Å². The zero-order valence-electron chi connectivity index (χ0n) is 46.4. The van der Waals surface area contributed by atoms with E-state index >= 15 is 0 Å². The fourth-order valence-corrected chi connectivity index (χ4v) is 11.7. The molecule has 1 aliphatic heterocycles. The predicted molar refractivity (Wildman–Crippen MR) is 303 cm³/mol. The molecule has 7 rings (SSSR count). The molecule has 0 aromatic heterocycles. The zero-order chi connectivity index (χ0) is 50.5. The van der Waals surface area contributed by atoms with E-state index in [1.165, 1.54) is 103 Å². The Balaban J connectivity index is 1.28. The lowest BCUT2D eigenvalue weighted by Gasteiger charge is -2.45. The highest BCUT2D eigenvalue weighted by Crippen LogP contribution is 2.54. The maximum absolute atomic E-state index is 4.59. The molecule has 2 nitrogen and oxygen atoms in total. The summed E-state index contributed by atoms with van der Waals surface area (Å²) in [7, 11) is 0. The average molecular weight is 923 g/mol. The Labute approximate surface area is 421 Å². The minimum absolute atomic E-state index is 0.0232. The first-order valence-corrected chi connectivity index (χ1v) is 26.5. The Morgan fingerprint density at radius 1 is 0.754 bits per heavy atom. The molecular weight excluding hydrogens is 833 g/mol. The molecule has 0 radical (unpaired) electrons. The van der Waals surface area contributed by atoms with E-state index in [9.17, 15) is 0 Å². The fourth-order valence-electron chi connectivity index (χ4n) is 11.7. The minimum Gasteiger partial charge on any atom is -0.361 e. The van der Waals surface area contributed by atoms with Crippen LogP contribution in [-0.2, 0) is 22.7 Å². The van der Waals surface area contributed by atoms with Gasteiger partial charge in [-0.15, -0.1) is 0 Å². The third kappa shape index (κ3) is 10.8. The van der Waals surface area contributed by atoms with Gasteiger partial charge in [0.05, 0.1) is 5.69 Å². The number of anilines is 3. The van der Waals surface area contributed by atoms with Crippen molar-refractivity contribution in [3.05, 3.63) is 183 Å². The molecule has 3 aliphatic carbocycles. The third-order valence-electron chi connectivity index (χ3n) is 17.2. The summed E-state index contributed by atoms with van der Waals surface area (Å²) in [5.41, 5.74) is 20.7. The minimum atomic E-state index is -0.111. The molecule has 1 unspecified atom stereocenters. The summed E-state index contributed by atoms with van der Waals surface area (Å²) in [6.45, 7) is 45.3. The summed E-state index contributed by atoms with van der Waals surface area (Å²) in [4.78, 5) is 2.60. The summed E-state index contributed by atoms with van der Waals surface area (Å²) in [6.07, 6.45) is 31.0. The van der Waals surface area contributed by atoms with Gasteiger partial charge in [0.25, 0.3) is 0 Å². The van der Waals surface area contributed by atoms with E-state index in [-0.39, 0.29) is 37.9 Å². The normalized spacial score (nSPS) is 21.9. The van der Waals surface area contributed by atoms with Gasteiger partial charge in [0.15, 0.2) is 0 Å². The van der Waals surface area contributed by atoms with Gasteiger partial charge in [-0.1, -0.05) is 195 Å². The van der Waals surface area contributed by atoms with Crippen molar-refractivity contribution < 1.29 is 0 Å². The second kappa shape index (κ2) is 19.1. The van der Waals surface area contributed by atoms with Gasteiger partial charge in [0.2, 0.25) is 0 Å². The van der Waals surface area contributed by atoms with Gasteiger partial charge in [0, 0.05) is 40.7 Å². The number of hydrogen-bond donors (Lipinski definition) is 1. The molecule has 0 spiro atoms. The summed E-state index contributed by atoms with van der Waals surface area (Å²) in [6, 6.07) is 21.0. The lowest BCUT2D eigenvalue weighted by atomic mass is 9.61. The van der Waals surface area contributed by atoms with Crippen LogP contribution in [0.5, 0.6) is 0 Å². The smallest absolute Gasteiger partial charge is 0.0517 e. The molecule has 0 amide bonds. The van der Waals surface area contributed by atoms with Crippen molar-refractivity contribution in [2.24, 2.45) is 21.7 Å². The molecule has 0 saturated heterocycles. The summed E-state index contributed by atoms with van der Waals surface area (Å²) >= 11 is 0. The van der Waals surface area contributed by atoms with Gasteiger partial charge in [-0.2, -0.15) is 0 Å². The van der Waals surface area contributed by atoms with Crippen molar-refractivity contribution in [2.45, 2.75) is 192 Å². The number of aryl methyl sites for hydroxylation is 1. The molecule has 1 N–H and O–H groups in total. The Kier molecular flexibility index (Phi) is 14.4. The van der Waals surface area contributed by atoms with Crippen molar-refractivity contribution in [2.75, 3.05) is 10.2 Å². The summed E-state index contributed by atoms with van der Waals surface area (Å²) < 4.78 is 0. The number of allylic oxidation sites excluding steroid dienone is 14. The average Bonchev–Trinajstić information content (AvgIpc) is 3.26. The second-order valence-corrected chi connectivity index (χ2v) is 26.4. The molecule has 1 saturated carbocycles. The second-order valence-electron chi connectivity index (χ2n) is 26.4. The molecule has 3 aromatic rings. The number of hydrogen-bond acceptors (Lipinski definition) is 2. The van der Waals surface area contributed by atoms with E-state index in [1.807, 2.05) is 0 Å². The molecule has 2 heteroatoms. The maximum Gasteiger partial charge on any atom is 0.0517 e. The van der Waals surface area contributed by atoms with Gasteiger partial charge < -0.3 is 10.2 Å². The Bertz CT molecular complexity index is 2660. The number of nitrogens with zero attached hydrogens (tertiary/aromatic N) is 1. The Hall–Kier alpha value is -4.82. The SMILES string of the molecule is C=C(/C=C\C(C)(c1ccccc1)C(C)(C)C)CCC=C1/C(=C\Nc2cc(C)cc3c2Cc2cc4c(cc2N3/C(C)=C/C=C(\C2=CC=CCC2)C(C)(C)C)C(C)(C)CCC4(C)C)C(C)(C)CCC1(C)C. The molecule has 3 aromatic carbocycles. The molecule has 1 atom stereocenters. The van der Waals surface area contributed by atoms with Crippen LogP contribution in [0.15, 0.2) is 150 Å². The highest BCUT2D eigenvalue weighted by molar-refractivity contribution is 5.84. The van der Waals surface area contributed by atoms with Crippen molar-refractivity contribution in [1.29, 1.82) is 0 Å². The Morgan fingerprint density at radius 2 is 1.38 bits per heavy atom. The van der Waals surface area contributed by atoms with Crippen molar-refractivity contribution in [3.63, 3.8) is 0 Å². The highest BCUT2D eigenvalue weighted by atomic mass is 15.2. The van der Waals surface area contributed by atoms with E-state index in [0.717, 1.165) is 38.5 Å². The van der Waals surface area contributed by atoms with E-state index in [0.29, 0.717) is 0 Å². The first kappa shape index (κ1) is 52.0. The standard InChI is InChI=1S/C67H90N2/c1-46(34-35-67(18,62(7,8)9)51-29-23-20-24-30-51)26-25-31-54-57(66(16,17)39-36-63(54,10)11)45-68-58-40-47(2)41-60-52(58)42-50-43-55-56(65(14,15)38-37-64(55,12)13)44-59(50)69(60)48(3)32-33-53(61(4,5)6)49-27-21-19-22-28-49/h19-21,23-24,27,29-35,40-41,43-45,68H,1,22,25-26,28,36-39,42H2,2-18H3/b35-34-,48-32+,53-33+,54-31?,57-45+. The molecule has 368 valence electrons. The maximum atomic E-state index is 4.59. The van der Waals surface area contributed by atoms with Gasteiger partial charge in [0.1, 0.15) is 0 Å². The van der Waals surface area contributed by atoms with Crippen LogP contribution in [0.3, 0.4) is 0 Å². The van der Waals surface area contributed by atoms with Crippen LogP contribution in [0, 0.1) is 28.6 Å². The molecular formula is C67H90N2. The van der Waals surface area contributed by atoms with Gasteiger partial charge >= 0.3 is 0 Å². The number of rotatable bonds is 11. The quantitative estimate of drug-likeness (QED) is 0.193. The van der Waals surface area contributed by atoms with Crippen LogP contribution in [0.25, 0.3) is 0 Å². The van der Waals surface area contributed by atoms with Crippen molar-refractivity contribution >= 4 is 17.1 Å². The van der Waals surface area contributed by atoms with Crippen LogP contribution in [0.4, 0.5) is 17.1 Å². The van der Waals surface area contributed by atoms with Gasteiger partial charge in [-0.3, -0.25) is 0 Å². The molecule has 0 bridgehead atoms. The van der Waals surface area contributed by atoms with E-state index < -0.39 is 0 Å². The Morgan fingerprint density at radius 3 is 1.99 bits per heavy atom. The molecule has 1 heterocycles. The zero-order valence-corrected chi connectivity index (χ0v) is 46.4. The van der Waals surface area contributed by atoms with E-state index in [2.05, 4.69) is 244 Å². The van der Waals surface area contributed by atoms with Gasteiger partial charge in [-0.05, 0) is 172 Å². The van der Waals surface area contributed by atoms with Crippen LogP contribution in [-0.4, -0.2) is 0 Å². The highest BCUT2D eigenvalue weighted by Gasteiger charge is 2.42. The first-order chi connectivity index (χ1) is 32.1. The van der Waals surface area contributed by atoms with Gasteiger partial charge in [-0.25, -0.2) is 0 Å². The fraction of sp³-hybridized carbons (Fsp3) is 0.493. The van der Waals surface area contributed by atoms with Crippen LogP contribution in [0.2, 0.25) is 0 Å². The van der Waals surface area contributed by atoms with Crippen molar-refractivity contribution in [3.8, 4) is 0 Å². The first-order valence-electron chi connectivity index (χ1n) is 26.5. The number of benzene rings is 3.